The molecule has 9 nitrogen and oxygen atoms in total. The Kier molecular flexibility index (Phi) is 7.87. The average molecular weight is 548 g/mol. The maximum Gasteiger partial charge on any atom is 0.343 e. The van der Waals surface area contributed by atoms with Crippen molar-refractivity contribution in [3.8, 4) is 11.5 Å². The minimum atomic E-state index is -0.769. The number of methoxy groups -OCH3 is 1. The van der Waals surface area contributed by atoms with E-state index in [9.17, 15) is 19.2 Å². The summed E-state index contributed by atoms with van der Waals surface area (Å²) in [6.07, 6.45) is 1.41. The summed E-state index contributed by atoms with van der Waals surface area (Å²) in [4.78, 5) is 54.9. The molecule has 41 heavy (non-hydrogen) atoms. The summed E-state index contributed by atoms with van der Waals surface area (Å²) < 4.78 is 10.8. The zero-order chi connectivity index (χ0) is 28.8. The number of ether oxygens (including phenoxy) is 2. The summed E-state index contributed by atoms with van der Waals surface area (Å²) in [7, 11) is 1.56. The predicted molar refractivity (Wildman–Crippen MR) is 155 cm³/mol. The minimum Gasteiger partial charge on any atom is -0.497 e. The molecule has 0 saturated carbocycles. The fourth-order valence-corrected chi connectivity index (χ4v) is 4.22. The Morgan fingerprint density at radius 1 is 0.732 bits per heavy atom. The smallest absolute Gasteiger partial charge is 0.343 e. The number of amides is 5. The molecule has 204 valence electrons. The molecule has 1 saturated heterocycles. The first-order chi connectivity index (χ1) is 19.9. The fourth-order valence-electron chi connectivity index (χ4n) is 4.22. The number of rotatable bonds is 8. The summed E-state index contributed by atoms with van der Waals surface area (Å²) in [5, 5.41) is 2.74. The number of para-hydroxylation sites is 2. The number of nitrogens with zero attached hydrogens (tertiary/aromatic N) is 2. The highest BCUT2D eigenvalue weighted by atomic mass is 16.5. The molecule has 1 N–H and O–H groups in total. The third-order valence-electron chi connectivity index (χ3n) is 6.19. The van der Waals surface area contributed by atoms with Crippen LogP contribution in [0.5, 0.6) is 11.5 Å². The Morgan fingerprint density at radius 3 is 1.88 bits per heavy atom. The van der Waals surface area contributed by atoms with Crippen molar-refractivity contribution in [2.45, 2.75) is 0 Å². The van der Waals surface area contributed by atoms with Crippen LogP contribution in [-0.2, 0) is 14.4 Å². The number of imide groups is 2. The molecule has 1 aliphatic heterocycles. The number of benzene rings is 4. The first-order valence-corrected chi connectivity index (χ1v) is 12.7. The van der Waals surface area contributed by atoms with Gasteiger partial charge in [0.05, 0.1) is 18.5 Å². The van der Waals surface area contributed by atoms with Crippen LogP contribution >= 0.6 is 0 Å². The molecule has 0 aromatic heterocycles. The van der Waals surface area contributed by atoms with Gasteiger partial charge in [0.25, 0.3) is 17.7 Å². The molecule has 5 amide bonds. The van der Waals surface area contributed by atoms with Crippen LogP contribution in [0.15, 0.2) is 115 Å². The van der Waals surface area contributed by atoms with Crippen LogP contribution in [0.3, 0.4) is 0 Å². The van der Waals surface area contributed by atoms with Crippen molar-refractivity contribution in [3.05, 3.63) is 120 Å². The number of hydrogen-bond acceptors (Lipinski definition) is 6. The standard InChI is InChI=1S/C32H25N3O6/c1-40-26-17-15-23(16-18-26)33-29(36)21-41-27-14-8-9-22(19-27)20-28-30(37)34(24-10-4-2-5-11-24)32(39)35(31(28)38)25-12-6-3-7-13-25/h2-20H,21H2,1H3,(H,33,36). The molecule has 0 aliphatic carbocycles. The maximum absolute atomic E-state index is 13.5. The average Bonchev–Trinajstić information content (AvgIpc) is 3.00. The number of carbonyl (C=O) groups excluding carboxylic acids is 4. The van der Waals surface area contributed by atoms with Gasteiger partial charge in [0, 0.05) is 5.69 Å². The SMILES string of the molecule is COc1ccc(NC(=O)COc2cccc(C=C3C(=O)N(c4ccccc4)C(=O)N(c4ccccc4)C3=O)c2)cc1. The third-order valence-corrected chi connectivity index (χ3v) is 6.19. The number of urea groups is 1. The number of hydrogen-bond donors (Lipinski definition) is 1. The normalized spacial score (nSPS) is 13.2. The summed E-state index contributed by atoms with van der Waals surface area (Å²) in [5.41, 5.74) is 1.54. The number of carbonyl (C=O) groups is 4. The van der Waals surface area contributed by atoms with E-state index in [4.69, 9.17) is 9.47 Å². The number of barbiturate groups is 1. The van der Waals surface area contributed by atoms with Crippen molar-refractivity contribution in [1.29, 1.82) is 0 Å². The van der Waals surface area contributed by atoms with E-state index >= 15 is 0 Å². The molecular weight excluding hydrogens is 522 g/mol. The molecule has 0 radical (unpaired) electrons. The van der Waals surface area contributed by atoms with E-state index < -0.39 is 17.8 Å². The summed E-state index contributed by atoms with van der Waals surface area (Å²) in [6, 6.07) is 29.6. The van der Waals surface area contributed by atoms with E-state index in [0.29, 0.717) is 34.1 Å². The van der Waals surface area contributed by atoms with Crippen LogP contribution in [0.2, 0.25) is 0 Å². The summed E-state index contributed by atoms with van der Waals surface area (Å²) in [6.45, 7) is -0.262. The van der Waals surface area contributed by atoms with Gasteiger partial charge in [-0.3, -0.25) is 14.4 Å². The van der Waals surface area contributed by atoms with Crippen molar-refractivity contribution in [3.63, 3.8) is 0 Å². The van der Waals surface area contributed by atoms with Crippen LogP contribution in [0.25, 0.3) is 6.08 Å². The number of nitrogens with one attached hydrogen (secondary N) is 1. The molecule has 1 fully saturated rings. The molecule has 1 aliphatic rings. The van der Waals surface area contributed by atoms with Gasteiger partial charge in [0.15, 0.2) is 6.61 Å². The lowest BCUT2D eigenvalue weighted by atomic mass is 10.0. The predicted octanol–water partition coefficient (Wildman–Crippen LogP) is 5.30. The zero-order valence-corrected chi connectivity index (χ0v) is 22.0. The largest absolute Gasteiger partial charge is 0.497 e. The molecule has 4 aromatic rings. The minimum absolute atomic E-state index is 0.202. The van der Waals surface area contributed by atoms with Gasteiger partial charge in [-0.1, -0.05) is 48.5 Å². The van der Waals surface area contributed by atoms with Gasteiger partial charge in [-0.2, -0.15) is 0 Å². The Balaban J connectivity index is 1.38. The van der Waals surface area contributed by atoms with Crippen molar-refractivity contribution < 1.29 is 28.7 Å². The molecule has 9 heteroatoms. The first kappa shape index (κ1) is 26.9. The molecule has 0 unspecified atom stereocenters. The van der Waals surface area contributed by atoms with Gasteiger partial charge in [-0.15, -0.1) is 0 Å². The van der Waals surface area contributed by atoms with Crippen LogP contribution in [0.4, 0.5) is 21.9 Å². The van der Waals surface area contributed by atoms with Crippen LogP contribution in [0.1, 0.15) is 5.56 Å². The van der Waals surface area contributed by atoms with E-state index in [-0.39, 0.29) is 18.1 Å². The second-order valence-corrected chi connectivity index (χ2v) is 8.93. The van der Waals surface area contributed by atoms with Crippen LogP contribution in [0, 0.1) is 0 Å². The lowest BCUT2D eigenvalue weighted by molar-refractivity contribution is -0.121. The second-order valence-electron chi connectivity index (χ2n) is 8.93. The third kappa shape index (κ3) is 5.99. The Bertz CT molecular complexity index is 1560. The first-order valence-electron chi connectivity index (χ1n) is 12.7. The Hall–Kier alpha value is -5.70. The second kappa shape index (κ2) is 12.0. The Morgan fingerprint density at radius 2 is 1.32 bits per heavy atom. The van der Waals surface area contributed by atoms with Gasteiger partial charge in [-0.05, 0) is 72.3 Å². The lowest BCUT2D eigenvalue weighted by Gasteiger charge is -2.33. The molecule has 5 rings (SSSR count). The lowest BCUT2D eigenvalue weighted by Crippen LogP contribution is -2.57. The van der Waals surface area contributed by atoms with Crippen molar-refractivity contribution >= 4 is 46.9 Å². The quantitative estimate of drug-likeness (QED) is 0.237. The van der Waals surface area contributed by atoms with Gasteiger partial charge >= 0.3 is 6.03 Å². The Labute approximate surface area is 236 Å². The van der Waals surface area contributed by atoms with E-state index in [1.807, 2.05) is 0 Å². The van der Waals surface area contributed by atoms with Crippen LogP contribution in [-0.4, -0.2) is 37.5 Å². The zero-order valence-electron chi connectivity index (χ0n) is 22.0. The van der Waals surface area contributed by atoms with Crippen molar-refractivity contribution in [2.75, 3.05) is 28.8 Å². The van der Waals surface area contributed by atoms with E-state index in [0.717, 1.165) is 9.80 Å². The summed E-state index contributed by atoms with van der Waals surface area (Å²) >= 11 is 0. The van der Waals surface area contributed by atoms with Gasteiger partial charge in [0.2, 0.25) is 0 Å². The molecule has 0 spiro atoms. The highest BCUT2D eigenvalue weighted by Gasteiger charge is 2.43. The van der Waals surface area contributed by atoms with E-state index in [1.54, 1.807) is 116 Å². The molecule has 0 bridgehead atoms. The van der Waals surface area contributed by atoms with Crippen LogP contribution < -0.4 is 24.6 Å². The molecular formula is C32H25N3O6. The van der Waals surface area contributed by atoms with Crippen molar-refractivity contribution in [1.82, 2.24) is 0 Å². The number of anilines is 3. The molecule has 4 aromatic carbocycles. The molecule has 0 atom stereocenters. The summed E-state index contributed by atoms with van der Waals surface area (Å²) in [5.74, 6) is -0.835. The van der Waals surface area contributed by atoms with Crippen molar-refractivity contribution in [2.24, 2.45) is 0 Å². The fraction of sp³-hybridized carbons (Fsp3) is 0.0625. The highest BCUT2D eigenvalue weighted by Crippen LogP contribution is 2.30. The van der Waals surface area contributed by atoms with E-state index in [1.165, 1.54) is 6.08 Å². The molecule has 1 heterocycles. The monoisotopic (exact) mass is 547 g/mol. The maximum atomic E-state index is 13.5. The van der Waals surface area contributed by atoms with Gasteiger partial charge < -0.3 is 14.8 Å². The van der Waals surface area contributed by atoms with Gasteiger partial charge in [0.1, 0.15) is 17.1 Å². The highest BCUT2D eigenvalue weighted by molar-refractivity contribution is 6.46. The van der Waals surface area contributed by atoms with E-state index in [2.05, 4.69) is 5.32 Å². The van der Waals surface area contributed by atoms with Gasteiger partial charge in [-0.25, -0.2) is 14.6 Å². The topological polar surface area (TPSA) is 105 Å².